The van der Waals surface area contributed by atoms with Gasteiger partial charge >= 0.3 is 0 Å². The van der Waals surface area contributed by atoms with E-state index in [1.54, 1.807) is 16.0 Å². The molecule has 0 fully saturated rings. The number of amides is 1. The van der Waals surface area contributed by atoms with E-state index in [1.807, 2.05) is 62.4 Å². The summed E-state index contributed by atoms with van der Waals surface area (Å²) in [6, 6.07) is 16.0. The number of nitrogens with one attached hydrogen (secondary N) is 1. The molecule has 0 radical (unpaired) electrons. The first-order chi connectivity index (χ1) is 14.1. The minimum absolute atomic E-state index is 0.0217. The average molecular weight is 404 g/mol. The molecule has 1 N–H and O–H groups in total. The maximum Gasteiger partial charge on any atom is 0.226 e. The lowest BCUT2D eigenvalue weighted by atomic mass is 9.86. The Bertz CT molecular complexity index is 1190. The van der Waals surface area contributed by atoms with Crippen LogP contribution in [0.2, 0.25) is 0 Å². The molecule has 1 aliphatic rings. The summed E-state index contributed by atoms with van der Waals surface area (Å²) >= 11 is 1.56. The first-order valence-electron chi connectivity index (χ1n) is 9.62. The number of benzene rings is 2. The maximum atomic E-state index is 12.6. The highest BCUT2D eigenvalue weighted by Gasteiger charge is 2.33. The first-order valence-corrected chi connectivity index (χ1v) is 10.4. The Balaban J connectivity index is 1.63. The fourth-order valence-corrected chi connectivity index (χ4v) is 4.83. The standard InChI is InChI=1S/C22H20N4O2S/c1-3-28-15-8-6-7-14(11-15)16-12-19(27)24-21-20(16)13(2)25-26(21)22-23-17-9-4-5-10-18(17)29-22/h4-11,16H,3,12H2,1-2H3,(H,24,27). The molecule has 146 valence electrons. The van der Waals surface area contributed by atoms with Crippen LogP contribution in [0.25, 0.3) is 15.3 Å². The van der Waals surface area contributed by atoms with Crippen molar-refractivity contribution in [2.75, 3.05) is 11.9 Å². The Kier molecular flexibility index (Phi) is 4.32. The van der Waals surface area contributed by atoms with Gasteiger partial charge in [0, 0.05) is 17.9 Å². The van der Waals surface area contributed by atoms with E-state index in [4.69, 9.17) is 14.8 Å². The smallest absolute Gasteiger partial charge is 0.226 e. The van der Waals surface area contributed by atoms with E-state index >= 15 is 0 Å². The van der Waals surface area contributed by atoms with Gasteiger partial charge in [-0.25, -0.2) is 4.98 Å². The molecule has 3 heterocycles. The van der Waals surface area contributed by atoms with Gasteiger partial charge in [-0.3, -0.25) is 4.79 Å². The van der Waals surface area contributed by atoms with E-state index in [9.17, 15) is 4.79 Å². The minimum Gasteiger partial charge on any atom is -0.494 e. The molecule has 29 heavy (non-hydrogen) atoms. The Morgan fingerprint density at radius 3 is 2.93 bits per heavy atom. The topological polar surface area (TPSA) is 69.0 Å². The second-order valence-electron chi connectivity index (χ2n) is 7.03. The number of nitrogens with zero attached hydrogens (tertiary/aromatic N) is 3. The van der Waals surface area contributed by atoms with Gasteiger partial charge in [-0.05, 0) is 43.7 Å². The third-order valence-corrected chi connectivity index (χ3v) is 6.15. The molecule has 0 spiro atoms. The van der Waals surface area contributed by atoms with Crippen molar-refractivity contribution in [1.82, 2.24) is 14.8 Å². The fourth-order valence-electron chi connectivity index (χ4n) is 3.91. The Morgan fingerprint density at radius 2 is 2.10 bits per heavy atom. The molecule has 0 saturated carbocycles. The van der Waals surface area contributed by atoms with Crippen LogP contribution in [0.3, 0.4) is 0 Å². The molecule has 0 aliphatic carbocycles. The van der Waals surface area contributed by atoms with E-state index in [1.165, 1.54) is 0 Å². The average Bonchev–Trinajstić information content (AvgIpc) is 3.29. The van der Waals surface area contributed by atoms with Crippen LogP contribution in [0.15, 0.2) is 48.5 Å². The lowest BCUT2D eigenvalue weighted by Gasteiger charge is -2.24. The zero-order valence-corrected chi connectivity index (χ0v) is 17.0. The van der Waals surface area contributed by atoms with Crippen LogP contribution in [0.4, 0.5) is 5.82 Å². The number of thiazole rings is 1. The zero-order chi connectivity index (χ0) is 20.0. The predicted molar refractivity (Wildman–Crippen MR) is 114 cm³/mol. The normalized spacial score (nSPS) is 15.9. The third kappa shape index (κ3) is 3.07. The molecule has 7 heteroatoms. The van der Waals surface area contributed by atoms with Crippen molar-refractivity contribution in [3.05, 3.63) is 65.4 Å². The summed E-state index contributed by atoms with van der Waals surface area (Å²) in [4.78, 5) is 17.3. The molecular weight excluding hydrogens is 384 g/mol. The molecule has 0 saturated heterocycles. The molecule has 4 aromatic rings. The lowest BCUT2D eigenvalue weighted by molar-refractivity contribution is -0.116. The number of carbonyl (C=O) groups is 1. The van der Waals surface area contributed by atoms with Crippen molar-refractivity contribution in [3.8, 4) is 10.9 Å². The maximum absolute atomic E-state index is 12.6. The van der Waals surface area contributed by atoms with Crippen LogP contribution < -0.4 is 10.1 Å². The number of anilines is 1. The molecular formula is C22H20N4O2S. The first kappa shape index (κ1) is 17.9. The number of para-hydroxylation sites is 1. The van der Waals surface area contributed by atoms with Gasteiger partial charge in [-0.15, -0.1) is 0 Å². The van der Waals surface area contributed by atoms with E-state index in [-0.39, 0.29) is 11.8 Å². The largest absolute Gasteiger partial charge is 0.494 e. The van der Waals surface area contributed by atoms with Crippen LogP contribution in [0.1, 0.15) is 36.1 Å². The molecule has 1 amide bonds. The van der Waals surface area contributed by atoms with Crippen molar-refractivity contribution in [2.24, 2.45) is 0 Å². The summed E-state index contributed by atoms with van der Waals surface area (Å²) in [7, 11) is 0. The minimum atomic E-state index is -0.0673. The second-order valence-corrected chi connectivity index (χ2v) is 8.04. The van der Waals surface area contributed by atoms with E-state index in [0.717, 1.165) is 37.9 Å². The molecule has 5 rings (SSSR count). The number of hydrogen-bond donors (Lipinski definition) is 1. The third-order valence-electron chi connectivity index (χ3n) is 5.14. The zero-order valence-electron chi connectivity index (χ0n) is 16.2. The Labute approximate surface area is 172 Å². The number of aromatic nitrogens is 3. The van der Waals surface area contributed by atoms with Crippen molar-refractivity contribution in [3.63, 3.8) is 0 Å². The summed E-state index contributed by atoms with van der Waals surface area (Å²) in [6.07, 6.45) is 0.384. The van der Waals surface area contributed by atoms with Crippen LogP contribution in [-0.4, -0.2) is 27.3 Å². The highest BCUT2D eigenvalue weighted by Crippen LogP contribution is 2.41. The molecule has 0 bridgehead atoms. The van der Waals surface area contributed by atoms with Gasteiger partial charge in [0.15, 0.2) is 0 Å². The quantitative estimate of drug-likeness (QED) is 0.537. The van der Waals surface area contributed by atoms with E-state index in [0.29, 0.717) is 18.8 Å². The number of rotatable bonds is 4. The number of fused-ring (bicyclic) bond motifs is 2. The lowest BCUT2D eigenvalue weighted by Crippen LogP contribution is -2.25. The van der Waals surface area contributed by atoms with Crippen molar-refractivity contribution in [2.45, 2.75) is 26.2 Å². The molecule has 1 atom stereocenters. The van der Waals surface area contributed by atoms with Crippen LogP contribution in [0.5, 0.6) is 5.75 Å². The second kappa shape index (κ2) is 7.00. The summed E-state index contributed by atoms with van der Waals surface area (Å²) in [6.45, 7) is 4.55. The van der Waals surface area contributed by atoms with E-state index < -0.39 is 0 Å². The molecule has 2 aromatic heterocycles. The van der Waals surface area contributed by atoms with Crippen molar-refractivity contribution in [1.29, 1.82) is 0 Å². The van der Waals surface area contributed by atoms with Crippen LogP contribution in [0, 0.1) is 6.92 Å². The summed E-state index contributed by atoms with van der Waals surface area (Å²) in [5.41, 5.74) is 3.92. The van der Waals surface area contributed by atoms with Gasteiger partial charge in [0.2, 0.25) is 11.0 Å². The number of aryl methyl sites for hydroxylation is 1. The molecule has 1 unspecified atom stereocenters. The Hall–Kier alpha value is -3.19. The molecule has 6 nitrogen and oxygen atoms in total. The molecule has 2 aromatic carbocycles. The van der Waals surface area contributed by atoms with E-state index in [2.05, 4.69) is 5.32 Å². The Morgan fingerprint density at radius 1 is 1.24 bits per heavy atom. The monoisotopic (exact) mass is 404 g/mol. The summed E-state index contributed by atoms with van der Waals surface area (Å²) < 4.78 is 8.52. The van der Waals surface area contributed by atoms with Gasteiger partial charge in [0.05, 0.1) is 22.5 Å². The predicted octanol–water partition coefficient (Wildman–Crippen LogP) is 4.66. The van der Waals surface area contributed by atoms with Crippen LogP contribution >= 0.6 is 11.3 Å². The van der Waals surface area contributed by atoms with Gasteiger partial charge < -0.3 is 10.1 Å². The van der Waals surface area contributed by atoms with Gasteiger partial charge in [0.1, 0.15) is 11.6 Å². The van der Waals surface area contributed by atoms with Crippen molar-refractivity contribution >= 4 is 33.3 Å². The van der Waals surface area contributed by atoms with Gasteiger partial charge in [-0.2, -0.15) is 9.78 Å². The van der Waals surface area contributed by atoms with Gasteiger partial charge in [-0.1, -0.05) is 35.6 Å². The number of ether oxygens (including phenoxy) is 1. The fraction of sp³-hybridized carbons (Fsp3) is 0.227. The van der Waals surface area contributed by atoms with Crippen molar-refractivity contribution < 1.29 is 9.53 Å². The number of hydrogen-bond acceptors (Lipinski definition) is 5. The summed E-state index contributed by atoms with van der Waals surface area (Å²) in [5, 5.41) is 8.52. The molecule has 1 aliphatic heterocycles. The summed E-state index contributed by atoms with van der Waals surface area (Å²) in [5.74, 6) is 1.44. The van der Waals surface area contributed by atoms with Crippen LogP contribution in [-0.2, 0) is 4.79 Å². The van der Waals surface area contributed by atoms with Gasteiger partial charge in [0.25, 0.3) is 0 Å². The number of carbonyl (C=O) groups excluding carboxylic acids is 1. The SMILES string of the molecule is CCOc1cccc(C2CC(=O)Nc3c2c(C)nn3-c2nc3ccccc3s2)c1. The highest BCUT2D eigenvalue weighted by molar-refractivity contribution is 7.20. The highest BCUT2D eigenvalue weighted by atomic mass is 32.1.